The van der Waals surface area contributed by atoms with E-state index in [1.807, 2.05) is 0 Å². The number of carbonyl (C=O) groups is 1. The Bertz CT molecular complexity index is 411. The molecule has 1 saturated heterocycles. The fourth-order valence-electron chi connectivity index (χ4n) is 1.63. The summed E-state index contributed by atoms with van der Waals surface area (Å²) in [7, 11) is 0. The van der Waals surface area contributed by atoms with E-state index in [9.17, 15) is 9.90 Å². The van der Waals surface area contributed by atoms with Gasteiger partial charge in [-0.2, -0.15) is 4.98 Å². The Balaban J connectivity index is 1.88. The number of ether oxygens (including phenoxy) is 2. The lowest BCUT2D eigenvalue weighted by Crippen LogP contribution is -2.37. The molecule has 1 aromatic heterocycles. The van der Waals surface area contributed by atoms with Crippen molar-refractivity contribution >= 4 is 12.0 Å². The molecule has 0 bridgehead atoms. The molecule has 1 aliphatic heterocycles. The molecule has 7 nitrogen and oxygen atoms in total. The lowest BCUT2D eigenvalue weighted by atomic mass is 10.0. The predicted octanol–water partition coefficient (Wildman–Crippen LogP) is 0.415. The van der Waals surface area contributed by atoms with E-state index in [1.165, 1.54) is 6.26 Å². The molecule has 0 spiro atoms. The molecular formula is C11H16N2O5. The maximum Gasteiger partial charge on any atom is 0.360 e. The first-order valence-electron chi connectivity index (χ1n) is 5.79. The minimum Gasteiger partial charge on any atom is -0.461 e. The Hall–Kier alpha value is -1.60. The second-order valence-electron chi connectivity index (χ2n) is 4.14. The molecule has 0 saturated carbocycles. The Labute approximate surface area is 104 Å². The maximum absolute atomic E-state index is 11.3. The largest absolute Gasteiger partial charge is 0.461 e. The highest BCUT2D eigenvalue weighted by Gasteiger charge is 2.32. The van der Waals surface area contributed by atoms with E-state index < -0.39 is 11.6 Å². The molecule has 1 atom stereocenters. The second-order valence-corrected chi connectivity index (χ2v) is 4.14. The van der Waals surface area contributed by atoms with Crippen LogP contribution in [0.4, 0.5) is 6.01 Å². The van der Waals surface area contributed by atoms with Crippen LogP contribution in [0.1, 0.15) is 23.8 Å². The van der Waals surface area contributed by atoms with Gasteiger partial charge in [0.25, 0.3) is 6.01 Å². The van der Waals surface area contributed by atoms with E-state index in [2.05, 4.69) is 10.3 Å². The first kappa shape index (κ1) is 12.8. The number of hydrogen-bond acceptors (Lipinski definition) is 7. The quantitative estimate of drug-likeness (QED) is 0.737. The third-order valence-electron chi connectivity index (χ3n) is 2.64. The zero-order valence-corrected chi connectivity index (χ0v) is 10.1. The number of anilines is 1. The molecule has 2 N–H and O–H groups in total. The molecule has 0 aromatic carbocycles. The fourth-order valence-corrected chi connectivity index (χ4v) is 1.63. The summed E-state index contributed by atoms with van der Waals surface area (Å²) in [6, 6.07) is 0.179. The molecule has 0 radical (unpaired) electrons. The van der Waals surface area contributed by atoms with Crippen molar-refractivity contribution in [2.24, 2.45) is 0 Å². The highest BCUT2D eigenvalue weighted by molar-refractivity contribution is 5.87. The zero-order valence-electron chi connectivity index (χ0n) is 10.1. The lowest BCUT2D eigenvalue weighted by Gasteiger charge is -2.19. The number of oxazole rings is 1. The van der Waals surface area contributed by atoms with Gasteiger partial charge < -0.3 is 24.3 Å². The molecular weight excluding hydrogens is 240 g/mol. The second kappa shape index (κ2) is 5.36. The van der Waals surface area contributed by atoms with E-state index >= 15 is 0 Å². The van der Waals surface area contributed by atoms with Gasteiger partial charge in [0.2, 0.25) is 0 Å². The van der Waals surface area contributed by atoms with Crippen molar-refractivity contribution in [1.82, 2.24) is 4.98 Å². The van der Waals surface area contributed by atoms with Crippen molar-refractivity contribution < 1.29 is 23.8 Å². The van der Waals surface area contributed by atoms with Gasteiger partial charge in [0.05, 0.1) is 19.8 Å². The molecule has 7 heteroatoms. The number of nitrogens with one attached hydrogen (secondary N) is 1. The average Bonchev–Trinajstić information content (AvgIpc) is 2.96. The van der Waals surface area contributed by atoms with Crippen LogP contribution in [0.2, 0.25) is 0 Å². The number of rotatable bonds is 5. The summed E-state index contributed by atoms with van der Waals surface area (Å²) in [6.45, 7) is 3.08. The molecule has 2 heterocycles. The van der Waals surface area contributed by atoms with Crippen LogP contribution in [-0.2, 0) is 9.47 Å². The summed E-state index contributed by atoms with van der Waals surface area (Å²) in [5, 5.41) is 12.8. The van der Waals surface area contributed by atoms with Gasteiger partial charge in [0.15, 0.2) is 5.69 Å². The van der Waals surface area contributed by atoms with Crippen LogP contribution in [0.25, 0.3) is 0 Å². The number of aliphatic hydroxyl groups is 1. The van der Waals surface area contributed by atoms with E-state index in [1.54, 1.807) is 6.92 Å². The topological polar surface area (TPSA) is 93.8 Å². The molecule has 18 heavy (non-hydrogen) atoms. The van der Waals surface area contributed by atoms with E-state index in [4.69, 9.17) is 13.9 Å². The van der Waals surface area contributed by atoms with Gasteiger partial charge in [0, 0.05) is 13.0 Å². The smallest absolute Gasteiger partial charge is 0.360 e. The highest BCUT2D eigenvalue weighted by atomic mass is 16.5. The molecule has 1 aliphatic rings. The van der Waals surface area contributed by atoms with E-state index in [0.717, 1.165) is 0 Å². The molecule has 100 valence electrons. The summed E-state index contributed by atoms with van der Waals surface area (Å²) in [4.78, 5) is 15.3. The van der Waals surface area contributed by atoms with Gasteiger partial charge in [-0.3, -0.25) is 0 Å². The molecule has 1 fully saturated rings. The molecule has 0 aliphatic carbocycles. The number of nitrogens with zero attached hydrogens (tertiary/aromatic N) is 1. The lowest BCUT2D eigenvalue weighted by molar-refractivity contribution is 0.0377. The minimum atomic E-state index is -0.904. The van der Waals surface area contributed by atoms with Crippen LogP contribution in [0.5, 0.6) is 0 Å². The Morgan fingerprint density at radius 3 is 3.22 bits per heavy atom. The Morgan fingerprint density at radius 2 is 2.56 bits per heavy atom. The maximum atomic E-state index is 11.3. The summed E-state index contributed by atoms with van der Waals surface area (Å²) in [5.41, 5.74) is -0.799. The third-order valence-corrected chi connectivity index (χ3v) is 2.64. The Kier molecular flexibility index (Phi) is 3.83. The van der Waals surface area contributed by atoms with Crippen LogP contribution in [0, 0.1) is 0 Å². The zero-order chi connectivity index (χ0) is 13.0. The molecule has 1 unspecified atom stereocenters. The van der Waals surface area contributed by atoms with Crippen molar-refractivity contribution in [2.75, 3.05) is 31.7 Å². The summed E-state index contributed by atoms with van der Waals surface area (Å²) >= 11 is 0. The van der Waals surface area contributed by atoms with Gasteiger partial charge in [0.1, 0.15) is 11.9 Å². The normalized spacial score (nSPS) is 23.0. The van der Waals surface area contributed by atoms with E-state index in [-0.39, 0.29) is 31.5 Å². The Morgan fingerprint density at radius 1 is 1.72 bits per heavy atom. The first-order chi connectivity index (χ1) is 8.63. The summed E-state index contributed by atoms with van der Waals surface area (Å²) in [5.74, 6) is -0.530. The predicted molar refractivity (Wildman–Crippen MR) is 61.3 cm³/mol. The first-order valence-corrected chi connectivity index (χ1v) is 5.79. The van der Waals surface area contributed by atoms with Crippen molar-refractivity contribution in [1.29, 1.82) is 0 Å². The molecule has 2 rings (SSSR count). The van der Waals surface area contributed by atoms with Crippen LogP contribution in [0.3, 0.4) is 0 Å². The molecule has 0 amide bonds. The van der Waals surface area contributed by atoms with Crippen LogP contribution >= 0.6 is 0 Å². The monoisotopic (exact) mass is 256 g/mol. The number of carbonyl (C=O) groups excluding carboxylic acids is 1. The minimum absolute atomic E-state index is 0.106. The third kappa shape index (κ3) is 2.99. The van der Waals surface area contributed by atoms with Gasteiger partial charge in [-0.15, -0.1) is 0 Å². The van der Waals surface area contributed by atoms with Crippen molar-refractivity contribution in [3.05, 3.63) is 12.0 Å². The number of aromatic nitrogens is 1. The van der Waals surface area contributed by atoms with Gasteiger partial charge in [-0.1, -0.05) is 0 Å². The SMILES string of the molecule is CCOC(=O)c1coc(NCC2(O)CCOC2)n1. The van der Waals surface area contributed by atoms with Crippen LogP contribution < -0.4 is 5.32 Å². The fraction of sp³-hybridized carbons (Fsp3) is 0.636. The van der Waals surface area contributed by atoms with Gasteiger partial charge >= 0.3 is 5.97 Å². The average molecular weight is 256 g/mol. The van der Waals surface area contributed by atoms with Crippen LogP contribution in [0.15, 0.2) is 10.7 Å². The summed E-state index contributed by atoms with van der Waals surface area (Å²) < 4.78 is 15.0. The standard InChI is InChI=1S/C11H16N2O5/c1-2-17-9(14)8-5-18-10(13-8)12-6-11(15)3-4-16-7-11/h5,15H,2-4,6-7H2,1H3,(H,12,13). The number of esters is 1. The van der Waals surface area contributed by atoms with Crippen molar-refractivity contribution in [3.63, 3.8) is 0 Å². The van der Waals surface area contributed by atoms with Crippen LogP contribution in [-0.4, -0.2) is 48.0 Å². The van der Waals surface area contributed by atoms with Crippen molar-refractivity contribution in [3.8, 4) is 0 Å². The van der Waals surface area contributed by atoms with Gasteiger partial charge in [-0.25, -0.2) is 4.79 Å². The van der Waals surface area contributed by atoms with E-state index in [0.29, 0.717) is 13.0 Å². The van der Waals surface area contributed by atoms with Crippen molar-refractivity contribution in [2.45, 2.75) is 18.9 Å². The number of hydrogen-bond donors (Lipinski definition) is 2. The summed E-state index contributed by atoms with van der Waals surface area (Å²) in [6.07, 6.45) is 1.78. The highest BCUT2D eigenvalue weighted by Crippen LogP contribution is 2.19. The van der Waals surface area contributed by atoms with Gasteiger partial charge in [-0.05, 0) is 6.92 Å². The molecule has 1 aromatic rings.